The monoisotopic (exact) mass is 266 g/mol. The van der Waals surface area contributed by atoms with E-state index in [1.165, 1.54) is 12.8 Å². The van der Waals surface area contributed by atoms with E-state index in [0.717, 1.165) is 24.0 Å². The van der Waals surface area contributed by atoms with Crippen molar-refractivity contribution in [1.82, 2.24) is 9.97 Å². The fourth-order valence-electron chi connectivity index (χ4n) is 1.70. The van der Waals surface area contributed by atoms with Gasteiger partial charge in [0.2, 0.25) is 0 Å². The van der Waals surface area contributed by atoms with Gasteiger partial charge in [0.1, 0.15) is 17.5 Å². The Labute approximate surface area is 113 Å². The van der Waals surface area contributed by atoms with Gasteiger partial charge in [0.05, 0.1) is 19.8 Å². The highest BCUT2D eigenvalue weighted by Crippen LogP contribution is 2.38. The quantitative estimate of drug-likeness (QED) is 0.660. The van der Waals surface area contributed by atoms with Crippen molar-refractivity contribution < 1.29 is 9.47 Å². The molecule has 19 heavy (non-hydrogen) atoms. The third-order valence-corrected chi connectivity index (χ3v) is 2.93. The van der Waals surface area contributed by atoms with Crippen molar-refractivity contribution in [3.8, 4) is 0 Å². The topological polar surface area (TPSA) is 68.3 Å². The van der Waals surface area contributed by atoms with Gasteiger partial charge < -0.3 is 20.1 Å². The summed E-state index contributed by atoms with van der Waals surface area (Å²) >= 11 is 0. The van der Waals surface area contributed by atoms with Crippen LogP contribution in [0.3, 0.4) is 0 Å². The number of methoxy groups -OCH3 is 1. The number of anilines is 2. The molecule has 1 fully saturated rings. The minimum absolute atomic E-state index is 0.548. The van der Waals surface area contributed by atoms with Gasteiger partial charge in [0, 0.05) is 32.7 Å². The summed E-state index contributed by atoms with van der Waals surface area (Å²) < 4.78 is 10.3. The van der Waals surface area contributed by atoms with E-state index in [1.54, 1.807) is 7.11 Å². The van der Waals surface area contributed by atoms with Crippen molar-refractivity contribution in [3.05, 3.63) is 11.9 Å². The summed E-state index contributed by atoms with van der Waals surface area (Å²) in [6, 6.07) is 1.92. The van der Waals surface area contributed by atoms with Crippen LogP contribution in [0.5, 0.6) is 0 Å². The van der Waals surface area contributed by atoms with Gasteiger partial charge in [0.15, 0.2) is 0 Å². The van der Waals surface area contributed by atoms with Crippen LogP contribution in [0.15, 0.2) is 6.07 Å². The minimum Gasteiger partial charge on any atom is -0.382 e. The van der Waals surface area contributed by atoms with Gasteiger partial charge in [-0.25, -0.2) is 9.97 Å². The first-order chi connectivity index (χ1) is 9.33. The molecule has 0 atom stereocenters. The molecule has 0 bridgehead atoms. The first kappa shape index (κ1) is 14.0. The lowest BCUT2D eigenvalue weighted by Gasteiger charge is -2.09. The van der Waals surface area contributed by atoms with Crippen molar-refractivity contribution in [1.29, 1.82) is 0 Å². The van der Waals surface area contributed by atoms with Crippen LogP contribution in [-0.4, -0.2) is 50.5 Å². The SMILES string of the molecule is CNc1cc(NCCOCCOC)nc(C2CC2)n1. The van der Waals surface area contributed by atoms with Crippen LogP contribution in [0.4, 0.5) is 11.6 Å². The maximum absolute atomic E-state index is 5.40. The molecule has 1 aromatic heterocycles. The number of nitrogens with one attached hydrogen (secondary N) is 2. The Balaban J connectivity index is 1.80. The molecule has 1 aliphatic rings. The zero-order chi connectivity index (χ0) is 13.5. The molecule has 0 spiro atoms. The summed E-state index contributed by atoms with van der Waals surface area (Å²) in [5.74, 6) is 3.21. The molecule has 6 nitrogen and oxygen atoms in total. The van der Waals surface area contributed by atoms with Gasteiger partial charge in [-0.3, -0.25) is 0 Å². The summed E-state index contributed by atoms with van der Waals surface area (Å²) in [5, 5.41) is 6.33. The molecule has 0 aromatic carbocycles. The Bertz CT molecular complexity index is 396. The average molecular weight is 266 g/mol. The fourth-order valence-corrected chi connectivity index (χ4v) is 1.70. The van der Waals surface area contributed by atoms with Gasteiger partial charge in [-0.1, -0.05) is 0 Å². The van der Waals surface area contributed by atoms with Gasteiger partial charge in [-0.05, 0) is 12.8 Å². The Morgan fingerprint density at radius 1 is 1.21 bits per heavy atom. The number of hydrogen-bond acceptors (Lipinski definition) is 6. The van der Waals surface area contributed by atoms with Crippen molar-refractivity contribution in [2.24, 2.45) is 0 Å². The first-order valence-electron chi connectivity index (χ1n) is 6.70. The Morgan fingerprint density at radius 3 is 2.68 bits per heavy atom. The molecule has 106 valence electrons. The second kappa shape index (κ2) is 7.25. The van der Waals surface area contributed by atoms with E-state index in [0.29, 0.717) is 25.7 Å². The van der Waals surface area contributed by atoms with Crippen LogP contribution in [0.25, 0.3) is 0 Å². The molecule has 0 unspecified atom stereocenters. The van der Waals surface area contributed by atoms with Crippen molar-refractivity contribution >= 4 is 11.6 Å². The second-order valence-corrected chi connectivity index (χ2v) is 4.55. The summed E-state index contributed by atoms with van der Waals surface area (Å²) in [6.07, 6.45) is 2.40. The number of ether oxygens (including phenoxy) is 2. The van der Waals surface area contributed by atoms with Crippen molar-refractivity contribution in [3.63, 3.8) is 0 Å². The normalized spacial score (nSPS) is 14.4. The molecule has 0 radical (unpaired) electrons. The molecule has 2 N–H and O–H groups in total. The van der Waals surface area contributed by atoms with Gasteiger partial charge in [-0.2, -0.15) is 0 Å². The van der Waals surface area contributed by atoms with Crippen LogP contribution >= 0.6 is 0 Å². The number of nitrogens with zero attached hydrogens (tertiary/aromatic N) is 2. The third-order valence-electron chi connectivity index (χ3n) is 2.93. The lowest BCUT2D eigenvalue weighted by Crippen LogP contribution is -2.13. The van der Waals surface area contributed by atoms with E-state index in [9.17, 15) is 0 Å². The Morgan fingerprint density at radius 2 is 2.00 bits per heavy atom. The smallest absolute Gasteiger partial charge is 0.136 e. The maximum Gasteiger partial charge on any atom is 0.136 e. The lowest BCUT2D eigenvalue weighted by atomic mass is 10.3. The fraction of sp³-hybridized carbons (Fsp3) is 0.692. The van der Waals surface area contributed by atoms with E-state index in [2.05, 4.69) is 20.6 Å². The number of aromatic nitrogens is 2. The predicted octanol–water partition coefficient (Wildman–Crippen LogP) is 1.47. The van der Waals surface area contributed by atoms with E-state index < -0.39 is 0 Å². The highest BCUT2D eigenvalue weighted by Gasteiger charge is 2.27. The molecule has 1 heterocycles. The molecule has 0 aliphatic heterocycles. The van der Waals surface area contributed by atoms with Crippen molar-refractivity contribution in [2.75, 3.05) is 51.2 Å². The zero-order valence-corrected chi connectivity index (χ0v) is 11.6. The summed E-state index contributed by atoms with van der Waals surface area (Å²) in [5.41, 5.74) is 0. The largest absolute Gasteiger partial charge is 0.382 e. The predicted molar refractivity (Wildman–Crippen MR) is 74.7 cm³/mol. The van der Waals surface area contributed by atoms with Gasteiger partial charge in [0.25, 0.3) is 0 Å². The molecule has 0 amide bonds. The summed E-state index contributed by atoms with van der Waals surface area (Å²) in [4.78, 5) is 9.01. The average Bonchev–Trinajstić information content (AvgIpc) is 3.27. The first-order valence-corrected chi connectivity index (χ1v) is 6.70. The molecule has 2 rings (SSSR count). The Hall–Kier alpha value is -1.40. The van der Waals surface area contributed by atoms with Crippen molar-refractivity contribution in [2.45, 2.75) is 18.8 Å². The van der Waals surface area contributed by atoms with Crippen LogP contribution in [0, 0.1) is 0 Å². The highest BCUT2D eigenvalue weighted by atomic mass is 16.5. The highest BCUT2D eigenvalue weighted by molar-refractivity contribution is 5.47. The second-order valence-electron chi connectivity index (χ2n) is 4.55. The summed E-state index contributed by atoms with van der Waals surface area (Å²) in [6.45, 7) is 2.62. The third kappa shape index (κ3) is 4.65. The van der Waals surface area contributed by atoms with Crippen LogP contribution in [0.2, 0.25) is 0 Å². The molecule has 1 aromatic rings. The number of rotatable bonds is 9. The van der Waals surface area contributed by atoms with Crippen LogP contribution in [0.1, 0.15) is 24.6 Å². The summed E-state index contributed by atoms with van der Waals surface area (Å²) in [7, 11) is 3.54. The minimum atomic E-state index is 0.548. The Kier molecular flexibility index (Phi) is 5.35. The van der Waals surface area contributed by atoms with E-state index in [1.807, 2.05) is 13.1 Å². The van der Waals surface area contributed by atoms with E-state index >= 15 is 0 Å². The van der Waals surface area contributed by atoms with E-state index in [4.69, 9.17) is 9.47 Å². The lowest BCUT2D eigenvalue weighted by molar-refractivity contribution is 0.0759. The zero-order valence-electron chi connectivity index (χ0n) is 11.6. The molecule has 1 aliphatic carbocycles. The number of hydrogen-bond donors (Lipinski definition) is 2. The molecule has 1 saturated carbocycles. The van der Waals surface area contributed by atoms with Gasteiger partial charge >= 0.3 is 0 Å². The molecular weight excluding hydrogens is 244 g/mol. The van der Waals surface area contributed by atoms with Crippen LogP contribution in [-0.2, 0) is 9.47 Å². The molecule has 6 heteroatoms. The van der Waals surface area contributed by atoms with Gasteiger partial charge in [-0.15, -0.1) is 0 Å². The van der Waals surface area contributed by atoms with Crippen LogP contribution < -0.4 is 10.6 Å². The van der Waals surface area contributed by atoms with E-state index in [-0.39, 0.29) is 0 Å². The maximum atomic E-state index is 5.40. The molecular formula is C13H22N4O2. The standard InChI is InChI=1S/C13H22N4O2/c1-14-11-9-12(15-5-6-19-8-7-18-2)17-13(16-11)10-3-4-10/h9-10H,3-8H2,1-2H3,(H2,14,15,16,17). The molecule has 0 saturated heterocycles.